The van der Waals surface area contributed by atoms with Crippen LogP contribution < -0.4 is 0 Å². The zero-order chi connectivity index (χ0) is 18.4. The molecule has 0 spiro atoms. The third-order valence-electron chi connectivity index (χ3n) is 9.00. The van der Waals surface area contributed by atoms with Crippen molar-refractivity contribution in [3.8, 4) is 0 Å². The maximum atomic E-state index is 10.5. The zero-order valence-corrected chi connectivity index (χ0v) is 15.5. The molecule has 24 heavy (non-hydrogen) atoms. The lowest BCUT2D eigenvalue weighted by Gasteiger charge is -2.57. The number of aliphatic hydroxyl groups is 1. The predicted molar refractivity (Wildman–Crippen MR) is 95.5 cm³/mol. The van der Waals surface area contributed by atoms with Gasteiger partial charge in [0.2, 0.25) is 0 Å². The van der Waals surface area contributed by atoms with Crippen LogP contribution in [0.4, 0.5) is 0 Å². The van der Waals surface area contributed by atoms with Crippen molar-refractivity contribution in [2.24, 2.45) is 46.8 Å². The van der Waals surface area contributed by atoms with Crippen molar-refractivity contribution in [2.45, 2.75) is 77.2 Å². The molecule has 0 amide bonds. The van der Waals surface area contributed by atoms with Crippen LogP contribution in [0.1, 0.15) is 74.4 Å². The van der Waals surface area contributed by atoms with Crippen LogP contribution in [0.15, 0.2) is 0 Å². The third-order valence-corrected chi connectivity index (χ3v) is 9.00. The second kappa shape index (κ2) is 5.46. The molecule has 5 aliphatic rings. The third kappa shape index (κ3) is 2.28. The summed E-state index contributed by atoms with van der Waals surface area (Å²) >= 11 is 0. The summed E-state index contributed by atoms with van der Waals surface area (Å²) in [6.45, 7) is 5.33. The summed E-state index contributed by atoms with van der Waals surface area (Å²) in [5, 5.41) is 10.5. The van der Waals surface area contributed by atoms with Gasteiger partial charge < -0.3 is 9.84 Å². The molecule has 0 unspecified atom stereocenters. The predicted octanol–water partition coefficient (Wildman–Crippen LogP) is 4.65. The summed E-state index contributed by atoms with van der Waals surface area (Å²) < 4.78 is 23.7. The van der Waals surface area contributed by atoms with Gasteiger partial charge in [-0.25, -0.2) is 0 Å². The van der Waals surface area contributed by atoms with E-state index in [2.05, 4.69) is 6.92 Å². The van der Waals surface area contributed by atoms with Crippen LogP contribution in [-0.4, -0.2) is 23.9 Å². The zero-order valence-electron chi connectivity index (χ0n) is 17.5. The Morgan fingerprint density at radius 3 is 2.46 bits per heavy atom. The highest BCUT2D eigenvalue weighted by Gasteiger charge is 2.59. The molecule has 0 aromatic heterocycles. The second-order valence-corrected chi connectivity index (χ2v) is 10.2. The van der Waals surface area contributed by atoms with Gasteiger partial charge in [-0.2, -0.15) is 0 Å². The largest absolute Gasteiger partial charge is 0.390 e. The van der Waals surface area contributed by atoms with Gasteiger partial charge in [0.1, 0.15) is 0 Å². The molecule has 8 atom stereocenters. The minimum atomic E-state index is -0.677. The highest BCUT2D eigenvalue weighted by molar-refractivity contribution is 5.08. The minimum absolute atomic E-state index is 0.00725. The number of fused-ring (bicyclic) bond motifs is 5. The Labute approximate surface area is 150 Å². The van der Waals surface area contributed by atoms with E-state index >= 15 is 0 Å². The summed E-state index contributed by atoms with van der Waals surface area (Å²) in [6, 6.07) is 0. The van der Waals surface area contributed by atoms with E-state index in [4.69, 9.17) is 6.11 Å². The molecular formula is C22H36O2. The Balaban J connectivity index is 1.41. The van der Waals surface area contributed by atoms with Gasteiger partial charge in [-0.3, -0.25) is 0 Å². The summed E-state index contributed by atoms with van der Waals surface area (Å²) in [6.07, 6.45) is 10.2. The van der Waals surface area contributed by atoms with Crippen LogP contribution in [0, 0.1) is 46.8 Å². The quantitative estimate of drug-likeness (QED) is 0.756. The van der Waals surface area contributed by atoms with E-state index in [9.17, 15) is 6.48 Å². The number of rotatable bonds is 1. The Hall–Kier alpha value is -0.0800. The fourth-order valence-corrected chi connectivity index (χ4v) is 7.85. The van der Waals surface area contributed by atoms with Crippen molar-refractivity contribution >= 4 is 0 Å². The first-order valence-electron chi connectivity index (χ1n) is 11.5. The molecular weight excluding hydrogens is 296 g/mol. The molecule has 4 saturated carbocycles. The first kappa shape index (κ1) is 14.0. The molecule has 0 bridgehead atoms. The minimum Gasteiger partial charge on any atom is -0.390 e. The molecule has 136 valence electrons. The van der Waals surface area contributed by atoms with Crippen molar-refractivity contribution < 1.29 is 12.6 Å². The molecule has 0 aromatic carbocycles. The lowest BCUT2D eigenvalue weighted by molar-refractivity contribution is -0.127. The van der Waals surface area contributed by atoms with Gasteiger partial charge in [-0.15, -0.1) is 0 Å². The van der Waals surface area contributed by atoms with Crippen LogP contribution in [0.3, 0.4) is 0 Å². The maximum absolute atomic E-state index is 10.5. The summed E-state index contributed by atoms with van der Waals surface area (Å²) in [5.74, 6) is 2.42. The second-order valence-electron chi connectivity index (χ2n) is 10.2. The van der Waals surface area contributed by atoms with Gasteiger partial charge in [-0.05, 0) is 106 Å². The van der Waals surface area contributed by atoms with Gasteiger partial charge >= 0.3 is 0 Å². The van der Waals surface area contributed by atoms with Crippen LogP contribution in [-0.2, 0) is 4.74 Å². The average molecular weight is 335 g/mol. The van der Waals surface area contributed by atoms with E-state index in [1.165, 1.54) is 25.7 Å². The van der Waals surface area contributed by atoms with E-state index in [-0.39, 0.29) is 5.41 Å². The van der Waals surface area contributed by atoms with E-state index in [0.717, 1.165) is 49.9 Å². The van der Waals surface area contributed by atoms with E-state index in [1.54, 1.807) is 0 Å². The molecule has 5 rings (SSSR count). The van der Waals surface area contributed by atoms with Crippen LogP contribution in [0.25, 0.3) is 0 Å². The van der Waals surface area contributed by atoms with Gasteiger partial charge in [0.05, 0.1) is 18.8 Å². The van der Waals surface area contributed by atoms with E-state index in [1.807, 2.05) is 6.92 Å². The van der Waals surface area contributed by atoms with Crippen LogP contribution in [0.2, 0.25) is 0 Å². The monoisotopic (exact) mass is 334 g/mol. The van der Waals surface area contributed by atoms with Crippen LogP contribution >= 0.6 is 0 Å². The molecule has 4 aliphatic carbocycles. The molecule has 0 aromatic rings. The SMILES string of the molecule is [2H]C1([C@@]2([2H])CC[C@H]3[C@@H]4CC[C@@H]5C[C@](C)(O)CC[C@@H]5[C@H]4CC[C@@]32C)COC1. The standard InChI is InChI=1S/C22H36O2/c1-21(23)9-7-16-14(11-21)3-4-18-17(16)8-10-22(2)19(5-6-20(18)22)15-12-24-13-15/h14-20,23H,3-13H2,1-2H3/t14-,16+,17-,18-,19-,20+,21-,22-/m1/s1/i15D,19D. The van der Waals surface area contributed by atoms with Gasteiger partial charge in [-0.1, -0.05) is 6.92 Å². The average Bonchev–Trinajstić information content (AvgIpc) is 2.84. The van der Waals surface area contributed by atoms with Gasteiger partial charge in [0, 0.05) is 8.64 Å². The van der Waals surface area contributed by atoms with E-state index in [0.29, 0.717) is 25.0 Å². The van der Waals surface area contributed by atoms with Crippen molar-refractivity contribution in [3.05, 3.63) is 0 Å². The highest BCUT2D eigenvalue weighted by atomic mass is 16.5. The molecule has 5 fully saturated rings. The molecule has 0 radical (unpaired) electrons. The van der Waals surface area contributed by atoms with Crippen molar-refractivity contribution in [1.29, 1.82) is 0 Å². The summed E-state index contributed by atoms with van der Waals surface area (Å²) in [4.78, 5) is 0. The first-order chi connectivity index (χ1) is 12.2. The van der Waals surface area contributed by atoms with Gasteiger partial charge in [0.25, 0.3) is 0 Å². The van der Waals surface area contributed by atoms with Crippen molar-refractivity contribution in [3.63, 3.8) is 0 Å². The number of hydrogen-bond donors (Lipinski definition) is 1. The van der Waals surface area contributed by atoms with Crippen molar-refractivity contribution in [2.75, 3.05) is 13.2 Å². The summed E-state index contributed by atoms with van der Waals surface area (Å²) in [7, 11) is 0. The fourth-order valence-electron chi connectivity index (χ4n) is 7.85. The van der Waals surface area contributed by atoms with Crippen molar-refractivity contribution in [1.82, 2.24) is 0 Å². The molecule has 1 N–H and O–H groups in total. The highest BCUT2D eigenvalue weighted by Crippen LogP contribution is 2.66. The van der Waals surface area contributed by atoms with Gasteiger partial charge in [0.15, 0.2) is 0 Å². The fraction of sp³-hybridized carbons (Fsp3) is 1.00. The molecule has 1 saturated heterocycles. The number of ether oxygens (including phenoxy) is 1. The molecule has 1 aliphatic heterocycles. The smallest absolute Gasteiger partial charge is 0.0622 e. The summed E-state index contributed by atoms with van der Waals surface area (Å²) in [5.41, 5.74) is -0.449. The van der Waals surface area contributed by atoms with Crippen LogP contribution in [0.5, 0.6) is 0 Å². The lowest BCUT2D eigenvalue weighted by atomic mass is 9.48. The maximum Gasteiger partial charge on any atom is 0.0622 e. The number of hydrogen-bond acceptors (Lipinski definition) is 2. The Kier molecular flexibility index (Phi) is 3.19. The molecule has 2 heteroatoms. The van der Waals surface area contributed by atoms with E-state index < -0.39 is 17.4 Å². The Morgan fingerprint density at radius 2 is 1.71 bits per heavy atom. The molecule has 1 heterocycles. The Morgan fingerprint density at radius 1 is 0.917 bits per heavy atom. The molecule has 2 nitrogen and oxygen atoms in total. The Bertz CT molecular complexity index is 589. The normalized spacial score (nSPS) is 63.2. The lowest BCUT2D eigenvalue weighted by Crippen LogP contribution is -2.52. The first-order valence-corrected chi connectivity index (χ1v) is 10.5. The topological polar surface area (TPSA) is 29.5 Å².